The molecule has 0 aliphatic carbocycles. The van der Waals surface area contributed by atoms with Gasteiger partial charge < -0.3 is 15.6 Å². The standard InChI is InChI=1S/C11H17NO3S/c1-15-10-3-2-4-11(7-10)16(14)8-9(12)5-6-13/h2-4,7,9,13H,5-6,8,12H2,1H3. The Bertz CT molecular complexity index is 357. The van der Waals surface area contributed by atoms with Crippen LogP contribution in [-0.2, 0) is 10.8 Å². The van der Waals surface area contributed by atoms with Crippen LogP contribution in [0.3, 0.4) is 0 Å². The first-order valence-electron chi connectivity index (χ1n) is 5.06. The lowest BCUT2D eigenvalue weighted by Crippen LogP contribution is -2.28. The summed E-state index contributed by atoms with van der Waals surface area (Å²) in [7, 11) is 0.426. The third kappa shape index (κ3) is 3.92. The fourth-order valence-corrected chi connectivity index (χ4v) is 2.51. The maximum atomic E-state index is 11.9. The van der Waals surface area contributed by atoms with Crippen molar-refractivity contribution in [2.45, 2.75) is 17.4 Å². The number of benzene rings is 1. The molecule has 0 spiro atoms. The van der Waals surface area contributed by atoms with E-state index in [9.17, 15) is 4.21 Å². The molecule has 3 N–H and O–H groups in total. The predicted octanol–water partition coefficient (Wildman–Crippen LogP) is 0.513. The lowest BCUT2D eigenvalue weighted by Gasteiger charge is -2.10. The van der Waals surface area contributed by atoms with Crippen LogP contribution < -0.4 is 10.5 Å². The minimum absolute atomic E-state index is 0.0243. The van der Waals surface area contributed by atoms with Crippen molar-refractivity contribution in [2.24, 2.45) is 5.73 Å². The summed E-state index contributed by atoms with van der Waals surface area (Å²) in [6.07, 6.45) is 0.468. The molecule has 0 radical (unpaired) electrons. The summed E-state index contributed by atoms with van der Waals surface area (Å²) in [6, 6.07) is 6.88. The van der Waals surface area contributed by atoms with Crippen molar-refractivity contribution in [1.29, 1.82) is 0 Å². The first-order valence-corrected chi connectivity index (χ1v) is 6.38. The molecule has 0 aromatic heterocycles. The van der Waals surface area contributed by atoms with E-state index in [0.717, 1.165) is 0 Å². The Hall–Kier alpha value is -0.910. The summed E-state index contributed by atoms with van der Waals surface area (Å²) in [6.45, 7) is 0.0243. The topological polar surface area (TPSA) is 72.5 Å². The summed E-state index contributed by atoms with van der Waals surface area (Å²) < 4.78 is 16.9. The van der Waals surface area contributed by atoms with Gasteiger partial charge in [0.15, 0.2) is 0 Å². The molecule has 0 saturated heterocycles. The van der Waals surface area contributed by atoms with Crippen LogP contribution in [0.2, 0.25) is 0 Å². The van der Waals surface area contributed by atoms with Gasteiger partial charge in [-0.15, -0.1) is 0 Å². The summed E-state index contributed by atoms with van der Waals surface area (Å²) in [4.78, 5) is 0.702. The molecule has 2 atom stereocenters. The molecule has 0 fully saturated rings. The smallest absolute Gasteiger partial charge is 0.120 e. The van der Waals surface area contributed by atoms with Gasteiger partial charge in [-0.3, -0.25) is 4.21 Å². The van der Waals surface area contributed by atoms with Crippen LogP contribution in [0.15, 0.2) is 29.2 Å². The molecule has 2 unspecified atom stereocenters. The van der Waals surface area contributed by atoms with Gasteiger partial charge in [0.1, 0.15) is 5.75 Å². The lowest BCUT2D eigenvalue weighted by molar-refractivity contribution is 0.279. The van der Waals surface area contributed by atoms with Gasteiger partial charge in [-0.25, -0.2) is 0 Å². The quantitative estimate of drug-likeness (QED) is 0.763. The van der Waals surface area contributed by atoms with Gasteiger partial charge in [-0.05, 0) is 24.6 Å². The Kier molecular flexibility index (Phi) is 5.45. The van der Waals surface area contributed by atoms with Crippen molar-refractivity contribution < 1.29 is 14.1 Å². The molecule has 1 aromatic rings. The average Bonchev–Trinajstić information content (AvgIpc) is 2.29. The maximum absolute atomic E-state index is 11.9. The summed E-state index contributed by atoms with van der Waals surface area (Å²) in [5.74, 6) is 1.04. The van der Waals surface area contributed by atoms with E-state index < -0.39 is 10.8 Å². The van der Waals surface area contributed by atoms with Gasteiger partial charge in [0.2, 0.25) is 0 Å². The molecule has 0 aliphatic rings. The van der Waals surface area contributed by atoms with Gasteiger partial charge in [0.05, 0.1) is 17.9 Å². The number of hydrogen-bond donors (Lipinski definition) is 2. The van der Waals surface area contributed by atoms with E-state index in [-0.39, 0.29) is 12.6 Å². The molecular weight excluding hydrogens is 226 g/mol. The summed E-state index contributed by atoms with van der Waals surface area (Å²) >= 11 is 0. The van der Waals surface area contributed by atoms with Crippen LogP contribution in [-0.4, -0.2) is 34.8 Å². The Morgan fingerprint density at radius 1 is 1.56 bits per heavy atom. The van der Waals surface area contributed by atoms with E-state index >= 15 is 0 Å². The van der Waals surface area contributed by atoms with E-state index in [1.165, 1.54) is 0 Å². The van der Waals surface area contributed by atoms with Crippen LogP contribution in [0.25, 0.3) is 0 Å². The van der Waals surface area contributed by atoms with Crippen molar-refractivity contribution >= 4 is 10.8 Å². The molecule has 0 aliphatic heterocycles. The molecule has 0 bridgehead atoms. The second-order valence-electron chi connectivity index (χ2n) is 3.46. The van der Waals surface area contributed by atoms with Gasteiger partial charge >= 0.3 is 0 Å². The Morgan fingerprint density at radius 3 is 2.94 bits per heavy atom. The van der Waals surface area contributed by atoms with Crippen LogP contribution in [0.1, 0.15) is 6.42 Å². The van der Waals surface area contributed by atoms with Crippen molar-refractivity contribution in [3.8, 4) is 5.75 Å². The van der Waals surface area contributed by atoms with Gasteiger partial charge in [0.25, 0.3) is 0 Å². The lowest BCUT2D eigenvalue weighted by atomic mass is 10.3. The normalized spacial score (nSPS) is 14.4. The minimum atomic E-state index is -1.14. The molecule has 0 heterocycles. The molecule has 0 amide bonds. The highest BCUT2D eigenvalue weighted by Crippen LogP contribution is 2.16. The molecule has 5 heteroatoms. The van der Waals surface area contributed by atoms with Gasteiger partial charge in [-0.1, -0.05) is 6.07 Å². The highest BCUT2D eigenvalue weighted by molar-refractivity contribution is 7.85. The van der Waals surface area contributed by atoms with Crippen LogP contribution in [0.4, 0.5) is 0 Å². The zero-order valence-electron chi connectivity index (χ0n) is 9.26. The van der Waals surface area contributed by atoms with Gasteiger partial charge in [0, 0.05) is 23.3 Å². The zero-order chi connectivity index (χ0) is 12.0. The second-order valence-corrected chi connectivity index (χ2v) is 4.96. The van der Waals surface area contributed by atoms with Crippen molar-refractivity contribution in [1.82, 2.24) is 0 Å². The van der Waals surface area contributed by atoms with E-state index in [0.29, 0.717) is 22.8 Å². The molecule has 1 aromatic carbocycles. The summed E-state index contributed by atoms with van der Waals surface area (Å²) in [5, 5.41) is 8.70. The number of ether oxygens (including phenoxy) is 1. The number of nitrogens with two attached hydrogens (primary N) is 1. The fourth-order valence-electron chi connectivity index (χ4n) is 1.28. The Balaban J connectivity index is 2.65. The highest BCUT2D eigenvalue weighted by atomic mass is 32.2. The molecule has 4 nitrogen and oxygen atoms in total. The average molecular weight is 243 g/mol. The van der Waals surface area contributed by atoms with E-state index in [1.807, 2.05) is 0 Å². The molecular formula is C11H17NO3S. The zero-order valence-corrected chi connectivity index (χ0v) is 10.1. The number of aliphatic hydroxyl groups is 1. The largest absolute Gasteiger partial charge is 0.497 e. The molecule has 90 valence electrons. The van der Waals surface area contributed by atoms with Crippen LogP contribution in [0, 0.1) is 0 Å². The molecule has 1 rings (SSSR count). The monoisotopic (exact) mass is 243 g/mol. The van der Waals surface area contributed by atoms with E-state index in [1.54, 1.807) is 31.4 Å². The van der Waals surface area contributed by atoms with Crippen LogP contribution >= 0.6 is 0 Å². The third-order valence-corrected chi connectivity index (χ3v) is 3.68. The third-order valence-electron chi connectivity index (χ3n) is 2.17. The fraction of sp³-hybridized carbons (Fsp3) is 0.455. The first kappa shape index (κ1) is 13.2. The van der Waals surface area contributed by atoms with E-state index in [4.69, 9.17) is 15.6 Å². The Morgan fingerprint density at radius 2 is 2.31 bits per heavy atom. The maximum Gasteiger partial charge on any atom is 0.120 e. The number of hydrogen-bond acceptors (Lipinski definition) is 4. The SMILES string of the molecule is COc1cccc(S(=O)CC(N)CCO)c1. The first-order chi connectivity index (χ1) is 7.67. The predicted molar refractivity (Wildman–Crippen MR) is 63.9 cm³/mol. The van der Waals surface area contributed by atoms with Crippen molar-refractivity contribution in [3.63, 3.8) is 0 Å². The minimum Gasteiger partial charge on any atom is -0.497 e. The highest BCUT2D eigenvalue weighted by Gasteiger charge is 2.10. The second kappa shape index (κ2) is 6.62. The number of aliphatic hydroxyl groups excluding tert-OH is 1. The van der Waals surface area contributed by atoms with Crippen molar-refractivity contribution in [2.75, 3.05) is 19.5 Å². The molecule has 0 saturated carbocycles. The van der Waals surface area contributed by atoms with Crippen LogP contribution in [0.5, 0.6) is 5.75 Å². The Labute approximate surface area is 97.9 Å². The summed E-state index contributed by atoms with van der Waals surface area (Å²) in [5.41, 5.74) is 5.71. The molecule has 16 heavy (non-hydrogen) atoms. The van der Waals surface area contributed by atoms with Crippen molar-refractivity contribution in [3.05, 3.63) is 24.3 Å². The number of methoxy groups -OCH3 is 1. The van der Waals surface area contributed by atoms with Gasteiger partial charge in [-0.2, -0.15) is 0 Å². The van der Waals surface area contributed by atoms with E-state index in [2.05, 4.69) is 0 Å². The number of rotatable bonds is 6.